The number of fused-ring (bicyclic) bond motifs is 3. The Balaban J connectivity index is 1.65. The Morgan fingerprint density at radius 3 is 2.81 bits per heavy atom. The van der Waals surface area contributed by atoms with Gasteiger partial charge in [0.25, 0.3) is 5.56 Å². The summed E-state index contributed by atoms with van der Waals surface area (Å²) in [6, 6.07) is 5.27. The van der Waals surface area contributed by atoms with Gasteiger partial charge in [-0.1, -0.05) is 30.0 Å². The van der Waals surface area contributed by atoms with E-state index >= 15 is 0 Å². The monoisotopic (exact) mass is 410 g/mol. The van der Waals surface area contributed by atoms with E-state index in [1.165, 1.54) is 27.3 Å². The van der Waals surface area contributed by atoms with Crippen molar-refractivity contribution in [2.45, 2.75) is 42.8 Å². The van der Waals surface area contributed by atoms with Crippen molar-refractivity contribution in [1.82, 2.24) is 9.55 Å². The largest absolute Gasteiger partial charge is 0.416 e. The van der Waals surface area contributed by atoms with Crippen LogP contribution >= 0.6 is 23.1 Å². The van der Waals surface area contributed by atoms with Crippen molar-refractivity contribution >= 4 is 33.3 Å². The summed E-state index contributed by atoms with van der Waals surface area (Å²) in [6.45, 7) is 0. The molecule has 0 radical (unpaired) electrons. The molecule has 0 atom stereocenters. The minimum absolute atomic E-state index is 0.0639. The van der Waals surface area contributed by atoms with Crippen molar-refractivity contribution in [3.63, 3.8) is 0 Å². The number of hydrogen-bond acceptors (Lipinski definition) is 4. The van der Waals surface area contributed by atoms with Crippen LogP contribution in [-0.4, -0.2) is 9.55 Å². The average Bonchev–Trinajstić information content (AvgIpc) is 3.01. The molecule has 0 unspecified atom stereocenters. The fraction of sp³-hybridized carbons (Fsp3) is 0.368. The van der Waals surface area contributed by atoms with E-state index in [-0.39, 0.29) is 5.56 Å². The molecule has 0 aliphatic heterocycles. The Kier molecular flexibility index (Phi) is 4.80. The first-order chi connectivity index (χ1) is 12.8. The highest BCUT2D eigenvalue weighted by atomic mass is 32.2. The quantitative estimate of drug-likeness (QED) is 0.441. The normalized spacial score (nSPS) is 14.5. The van der Waals surface area contributed by atoms with E-state index in [1.54, 1.807) is 24.5 Å². The second-order valence-corrected chi connectivity index (χ2v) is 8.66. The number of nitrogens with zero attached hydrogens (tertiary/aromatic N) is 2. The second-order valence-electron chi connectivity index (χ2n) is 6.64. The third-order valence-electron chi connectivity index (χ3n) is 4.78. The van der Waals surface area contributed by atoms with Gasteiger partial charge in [-0.3, -0.25) is 9.36 Å². The van der Waals surface area contributed by atoms with Gasteiger partial charge in [0.2, 0.25) is 0 Å². The summed E-state index contributed by atoms with van der Waals surface area (Å²) < 4.78 is 40.1. The molecule has 3 nitrogen and oxygen atoms in total. The predicted octanol–water partition coefficient (Wildman–Crippen LogP) is 5.18. The second kappa shape index (κ2) is 6.98. The number of hydrogen-bond donors (Lipinski definition) is 0. The summed E-state index contributed by atoms with van der Waals surface area (Å²) in [7, 11) is 1.68. The number of halogens is 3. The summed E-state index contributed by atoms with van der Waals surface area (Å²) in [5.41, 5.74) is 0.966. The molecule has 3 aromatic rings. The van der Waals surface area contributed by atoms with Gasteiger partial charge in [-0.05, 0) is 42.9 Å². The van der Waals surface area contributed by atoms with Crippen LogP contribution in [0.15, 0.2) is 34.2 Å². The molecule has 27 heavy (non-hydrogen) atoms. The summed E-state index contributed by atoms with van der Waals surface area (Å²) in [5.74, 6) is 0.320. The first-order valence-corrected chi connectivity index (χ1v) is 10.4. The van der Waals surface area contributed by atoms with E-state index in [0.29, 0.717) is 16.5 Å². The number of alkyl halides is 3. The number of aryl methyl sites for hydroxylation is 2. The lowest BCUT2D eigenvalue weighted by molar-refractivity contribution is -0.137. The zero-order valence-electron chi connectivity index (χ0n) is 14.6. The van der Waals surface area contributed by atoms with E-state index in [2.05, 4.69) is 4.98 Å². The molecule has 2 aromatic heterocycles. The maximum atomic E-state index is 12.9. The average molecular weight is 410 g/mol. The standard InChI is InChI=1S/C19H17F3N2OS2/c1-24-17(25)15-13-7-2-3-8-14(13)27-16(15)23-18(24)26-10-11-5-4-6-12(9-11)19(20,21)22/h4-6,9H,2-3,7-8,10H2,1H3. The summed E-state index contributed by atoms with van der Waals surface area (Å²) in [4.78, 5) is 19.5. The molecule has 0 saturated carbocycles. The summed E-state index contributed by atoms with van der Waals surface area (Å²) >= 11 is 2.86. The Bertz CT molecular complexity index is 1070. The molecule has 2 heterocycles. The maximum absolute atomic E-state index is 12.9. The van der Waals surface area contributed by atoms with Crippen LogP contribution in [0, 0.1) is 0 Å². The van der Waals surface area contributed by atoms with Crippen LogP contribution in [0.1, 0.15) is 34.4 Å². The molecule has 1 aliphatic carbocycles. The van der Waals surface area contributed by atoms with Gasteiger partial charge in [-0.15, -0.1) is 11.3 Å². The van der Waals surface area contributed by atoms with Crippen LogP contribution in [0.5, 0.6) is 0 Å². The molecule has 0 saturated heterocycles. The van der Waals surface area contributed by atoms with Crippen molar-refractivity contribution in [2.75, 3.05) is 0 Å². The molecule has 142 valence electrons. The molecular weight excluding hydrogens is 393 g/mol. The van der Waals surface area contributed by atoms with Crippen LogP contribution in [0.4, 0.5) is 13.2 Å². The highest BCUT2D eigenvalue weighted by molar-refractivity contribution is 7.98. The highest BCUT2D eigenvalue weighted by Gasteiger charge is 2.30. The van der Waals surface area contributed by atoms with E-state index in [1.807, 2.05) is 0 Å². The topological polar surface area (TPSA) is 34.9 Å². The fourth-order valence-electron chi connectivity index (χ4n) is 3.38. The van der Waals surface area contributed by atoms with Gasteiger partial charge in [-0.2, -0.15) is 13.2 Å². The predicted molar refractivity (Wildman–Crippen MR) is 103 cm³/mol. The molecular formula is C19H17F3N2OS2. The summed E-state index contributed by atoms with van der Waals surface area (Å²) in [5, 5.41) is 1.25. The first kappa shape index (κ1) is 18.6. The zero-order valence-corrected chi connectivity index (χ0v) is 16.2. The number of benzene rings is 1. The molecule has 0 bridgehead atoms. The molecule has 0 fully saturated rings. The molecule has 1 aromatic carbocycles. The van der Waals surface area contributed by atoms with Crippen LogP contribution < -0.4 is 5.56 Å². The van der Waals surface area contributed by atoms with E-state index in [4.69, 9.17) is 0 Å². The number of aromatic nitrogens is 2. The van der Waals surface area contributed by atoms with Gasteiger partial charge in [0.1, 0.15) is 4.83 Å². The van der Waals surface area contributed by atoms with Crippen LogP contribution in [0.25, 0.3) is 10.2 Å². The molecule has 4 rings (SSSR count). The fourth-order valence-corrected chi connectivity index (χ4v) is 5.60. The molecule has 0 spiro atoms. The van der Waals surface area contributed by atoms with Gasteiger partial charge in [0, 0.05) is 17.7 Å². The van der Waals surface area contributed by atoms with Crippen molar-refractivity contribution in [3.8, 4) is 0 Å². The van der Waals surface area contributed by atoms with Crippen LogP contribution in [-0.2, 0) is 31.8 Å². The lowest BCUT2D eigenvalue weighted by Gasteiger charge is -2.11. The number of thioether (sulfide) groups is 1. The Hall–Kier alpha value is -1.80. The molecule has 0 amide bonds. The SMILES string of the molecule is Cn1c(SCc2cccc(C(F)(F)F)c2)nc2sc3c(c2c1=O)CCCC3. The van der Waals surface area contributed by atoms with E-state index in [0.717, 1.165) is 53.6 Å². The lowest BCUT2D eigenvalue weighted by Crippen LogP contribution is -2.20. The van der Waals surface area contributed by atoms with Gasteiger partial charge < -0.3 is 0 Å². The van der Waals surface area contributed by atoms with Crippen molar-refractivity contribution in [3.05, 3.63) is 56.2 Å². The zero-order chi connectivity index (χ0) is 19.2. The Morgan fingerprint density at radius 2 is 2.04 bits per heavy atom. The van der Waals surface area contributed by atoms with Gasteiger partial charge in [0.05, 0.1) is 10.9 Å². The van der Waals surface area contributed by atoms with Gasteiger partial charge in [0.15, 0.2) is 5.16 Å². The van der Waals surface area contributed by atoms with Crippen molar-refractivity contribution in [2.24, 2.45) is 7.05 Å². The third-order valence-corrected chi connectivity index (χ3v) is 7.06. The number of rotatable bonds is 3. The molecule has 1 aliphatic rings. The van der Waals surface area contributed by atoms with Crippen molar-refractivity contribution in [1.29, 1.82) is 0 Å². The third kappa shape index (κ3) is 3.52. The Labute approximate surface area is 162 Å². The minimum Gasteiger partial charge on any atom is -0.290 e. The summed E-state index contributed by atoms with van der Waals surface area (Å²) in [6.07, 6.45) is -0.221. The molecule has 0 N–H and O–H groups in total. The van der Waals surface area contributed by atoms with E-state index in [9.17, 15) is 18.0 Å². The lowest BCUT2D eigenvalue weighted by atomic mass is 9.97. The van der Waals surface area contributed by atoms with Crippen LogP contribution in [0.3, 0.4) is 0 Å². The minimum atomic E-state index is -4.36. The maximum Gasteiger partial charge on any atom is 0.416 e. The van der Waals surface area contributed by atoms with Crippen LogP contribution in [0.2, 0.25) is 0 Å². The van der Waals surface area contributed by atoms with Crippen molar-refractivity contribution < 1.29 is 13.2 Å². The smallest absolute Gasteiger partial charge is 0.290 e. The first-order valence-electron chi connectivity index (χ1n) is 8.65. The Morgan fingerprint density at radius 1 is 1.26 bits per heavy atom. The highest BCUT2D eigenvalue weighted by Crippen LogP contribution is 2.35. The van der Waals surface area contributed by atoms with E-state index < -0.39 is 11.7 Å². The molecule has 8 heteroatoms. The van der Waals surface area contributed by atoms with Gasteiger partial charge in [-0.25, -0.2) is 4.98 Å². The van der Waals surface area contributed by atoms with Gasteiger partial charge >= 0.3 is 6.18 Å². The number of thiophene rings is 1.